The summed E-state index contributed by atoms with van der Waals surface area (Å²) in [6.45, 7) is 5.60. The van der Waals surface area contributed by atoms with E-state index in [0.717, 1.165) is 57.1 Å². The van der Waals surface area contributed by atoms with Crippen LogP contribution in [0.3, 0.4) is 0 Å². The molecule has 0 spiro atoms. The lowest BCUT2D eigenvalue weighted by atomic mass is 10.0. The first-order valence-corrected chi connectivity index (χ1v) is 12.1. The second-order valence-corrected chi connectivity index (χ2v) is 9.59. The number of aryl methyl sites for hydroxylation is 2. The number of nitrogens with one attached hydrogen (secondary N) is 1. The van der Waals surface area contributed by atoms with E-state index in [9.17, 15) is 4.79 Å². The lowest BCUT2D eigenvalue weighted by Crippen LogP contribution is -2.49. The summed E-state index contributed by atoms with van der Waals surface area (Å²) in [7, 11) is 1.66. The van der Waals surface area contributed by atoms with Crippen molar-refractivity contribution in [2.45, 2.75) is 32.7 Å². The maximum Gasteiger partial charge on any atom is 0.278 e. The molecule has 0 saturated carbocycles. The van der Waals surface area contributed by atoms with Crippen LogP contribution in [0.5, 0.6) is 5.75 Å². The monoisotopic (exact) mass is 474 g/mol. The standard InChI is InChI=1S/C25H26N6O2S/c1-15-11-20(33-3)12-17-8-10-27-23(22(15)17)31(19-5-4-9-26-14-19)25(32)21-7-6-18(13-28-21)24-30-29-16(2)34-24/h6-8,10-13,19,26H,4-5,9,14H2,1-3H3/t19-/m1/s1. The zero-order chi connectivity index (χ0) is 23.7. The van der Waals surface area contributed by atoms with E-state index in [2.05, 4.69) is 20.5 Å². The first-order valence-electron chi connectivity index (χ1n) is 11.3. The molecule has 9 heteroatoms. The number of amides is 1. The number of anilines is 1. The number of ether oxygens (including phenoxy) is 1. The lowest BCUT2D eigenvalue weighted by molar-refractivity contribution is 0.0967. The Morgan fingerprint density at radius 1 is 1.18 bits per heavy atom. The summed E-state index contributed by atoms with van der Waals surface area (Å²) in [4.78, 5) is 25.0. The molecule has 0 bridgehead atoms. The predicted octanol–water partition coefficient (Wildman–Crippen LogP) is 4.17. The fourth-order valence-electron chi connectivity index (χ4n) is 4.44. The Labute approximate surface area is 202 Å². The van der Waals surface area contributed by atoms with Crippen LogP contribution < -0.4 is 15.0 Å². The highest BCUT2D eigenvalue weighted by molar-refractivity contribution is 7.14. The summed E-state index contributed by atoms with van der Waals surface area (Å²) in [6, 6.07) is 9.53. The van der Waals surface area contributed by atoms with Gasteiger partial charge in [0.05, 0.1) is 13.2 Å². The quantitative estimate of drug-likeness (QED) is 0.464. The summed E-state index contributed by atoms with van der Waals surface area (Å²) in [5.74, 6) is 1.27. The van der Waals surface area contributed by atoms with Gasteiger partial charge in [0.1, 0.15) is 27.3 Å². The number of carbonyl (C=O) groups is 1. The van der Waals surface area contributed by atoms with Crippen molar-refractivity contribution >= 4 is 33.8 Å². The Morgan fingerprint density at radius 2 is 2.06 bits per heavy atom. The Bertz CT molecular complexity index is 1330. The van der Waals surface area contributed by atoms with E-state index < -0.39 is 0 Å². The van der Waals surface area contributed by atoms with Gasteiger partial charge in [-0.05, 0) is 74.5 Å². The molecule has 1 aliphatic rings. The summed E-state index contributed by atoms with van der Waals surface area (Å²) >= 11 is 1.50. The van der Waals surface area contributed by atoms with Crippen LogP contribution >= 0.6 is 11.3 Å². The fourth-order valence-corrected chi connectivity index (χ4v) is 5.12. The Balaban J connectivity index is 1.58. The highest BCUT2D eigenvalue weighted by Crippen LogP contribution is 2.34. The lowest BCUT2D eigenvalue weighted by Gasteiger charge is -2.34. The van der Waals surface area contributed by atoms with Crippen molar-refractivity contribution in [1.29, 1.82) is 0 Å². The first kappa shape index (κ1) is 22.4. The summed E-state index contributed by atoms with van der Waals surface area (Å²) in [6.07, 6.45) is 5.33. The van der Waals surface area contributed by atoms with Crippen LogP contribution in [-0.4, -0.2) is 52.3 Å². The van der Waals surface area contributed by atoms with E-state index in [0.29, 0.717) is 18.1 Å². The third kappa shape index (κ3) is 4.24. The predicted molar refractivity (Wildman–Crippen MR) is 134 cm³/mol. The maximum atomic E-state index is 13.9. The van der Waals surface area contributed by atoms with Gasteiger partial charge in [0, 0.05) is 29.9 Å². The second kappa shape index (κ2) is 9.44. The minimum absolute atomic E-state index is 0.0202. The van der Waals surface area contributed by atoms with Crippen LogP contribution in [0.4, 0.5) is 5.82 Å². The number of methoxy groups -OCH3 is 1. The molecule has 0 unspecified atom stereocenters. The van der Waals surface area contributed by atoms with Gasteiger partial charge in [0.15, 0.2) is 0 Å². The number of fused-ring (bicyclic) bond motifs is 1. The van der Waals surface area contributed by atoms with Crippen molar-refractivity contribution in [3.05, 3.63) is 59.0 Å². The number of benzene rings is 1. The van der Waals surface area contributed by atoms with Crippen LogP contribution in [0.1, 0.15) is 33.9 Å². The molecule has 0 radical (unpaired) electrons. The van der Waals surface area contributed by atoms with Gasteiger partial charge in [-0.3, -0.25) is 14.7 Å². The fraction of sp³-hybridized carbons (Fsp3) is 0.320. The van der Waals surface area contributed by atoms with Gasteiger partial charge in [-0.25, -0.2) is 4.98 Å². The summed E-state index contributed by atoms with van der Waals surface area (Å²) in [5, 5.41) is 15.3. The van der Waals surface area contributed by atoms with Crippen LogP contribution in [-0.2, 0) is 0 Å². The van der Waals surface area contributed by atoms with Crippen molar-refractivity contribution in [1.82, 2.24) is 25.5 Å². The molecule has 174 valence electrons. The average Bonchev–Trinajstić information content (AvgIpc) is 3.31. The van der Waals surface area contributed by atoms with Gasteiger partial charge < -0.3 is 10.1 Å². The summed E-state index contributed by atoms with van der Waals surface area (Å²) in [5.41, 5.74) is 2.23. The van der Waals surface area contributed by atoms with E-state index in [1.807, 2.05) is 43.0 Å². The van der Waals surface area contributed by atoms with Gasteiger partial charge in [-0.1, -0.05) is 11.3 Å². The molecule has 1 saturated heterocycles. The highest BCUT2D eigenvalue weighted by atomic mass is 32.1. The minimum atomic E-state index is -0.163. The second-order valence-electron chi connectivity index (χ2n) is 8.41. The van der Waals surface area contributed by atoms with Gasteiger partial charge in [0.2, 0.25) is 0 Å². The molecule has 1 amide bonds. The molecule has 1 aromatic carbocycles. The molecule has 3 aromatic heterocycles. The molecule has 4 aromatic rings. The third-order valence-corrected chi connectivity index (χ3v) is 6.98. The number of carbonyl (C=O) groups excluding carboxylic acids is 1. The van der Waals surface area contributed by atoms with Crippen molar-refractivity contribution in [2.24, 2.45) is 0 Å². The van der Waals surface area contributed by atoms with Crippen molar-refractivity contribution < 1.29 is 9.53 Å². The normalized spacial score (nSPS) is 15.9. The molecule has 1 N–H and O–H groups in total. The zero-order valence-electron chi connectivity index (χ0n) is 19.4. The molecule has 1 aliphatic heterocycles. The number of aromatic nitrogens is 4. The van der Waals surface area contributed by atoms with Gasteiger partial charge in [-0.15, -0.1) is 10.2 Å². The van der Waals surface area contributed by atoms with E-state index in [1.165, 1.54) is 11.3 Å². The molecule has 1 atom stereocenters. The minimum Gasteiger partial charge on any atom is -0.497 e. The third-order valence-electron chi connectivity index (χ3n) is 6.09. The number of piperidine rings is 1. The molecule has 8 nitrogen and oxygen atoms in total. The number of pyridine rings is 2. The van der Waals surface area contributed by atoms with Crippen molar-refractivity contribution in [3.8, 4) is 16.3 Å². The van der Waals surface area contributed by atoms with Crippen LogP contribution in [0.15, 0.2) is 42.7 Å². The zero-order valence-corrected chi connectivity index (χ0v) is 20.2. The largest absolute Gasteiger partial charge is 0.497 e. The smallest absolute Gasteiger partial charge is 0.278 e. The maximum absolute atomic E-state index is 13.9. The first-order chi connectivity index (χ1) is 16.5. The van der Waals surface area contributed by atoms with Gasteiger partial charge >= 0.3 is 0 Å². The Hall–Kier alpha value is -3.43. The molecule has 1 fully saturated rings. The van der Waals surface area contributed by atoms with E-state index in [-0.39, 0.29) is 11.9 Å². The van der Waals surface area contributed by atoms with E-state index in [1.54, 1.807) is 25.6 Å². The molecule has 4 heterocycles. The van der Waals surface area contributed by atoms with Gasteiger partial charge in [0.25, 0.3) is 5.91 Å². The SMILES string of the molecule is COc1cc(C)c2c(N(C(=O)c3ccc(-c4nnc(C)s4)cn3)[C@@H]3CCCNC3)nccc2c1. The van der Waals surface area contributed by atoms with Crippen LogP contribution in [0.2, 0.25) is 0 Å². The van der Waals surface area contributed by atoms with Crippen molar-refractivity contribution in [3.63, 3.8) is 0 Å². The molecular formula is C25H26N6O2S. The van der Waals surface area contributed by atoms with Gasteiger partial charge in [-0.2, -0.15) is 0 Å². The number of hydrogen-bond acceptors (Lipinski definition) is 8. The number of nitrogens with zero attached hydrogens (tertiary/aromatic N) is 5. The Morgan fingerprint density at radius 3 is 2.74 bits per heavy atom. The van der Waals surface area contributed by atoms with E-state index >= 15 is 0 Å². The highest BCUT2D eigenvalue weighted by Gasteiger charge is 2.31. The number of hydrogen-bond donors (Lipinski definition) is 1. The topological polar surface area (TPSA) is 93.1 Å². The molecule has 5 rings (SSSR count). The van der Waals surface area contributed by atoms with Crippen LogP contribution in [0, 0.1) is 13.8 Å². The summed E-state index contributed by atoms with van der Waals surface area (Å²) < 4.78 is 5.46. The molecule has 34 heavy (non-hydrogen) atoms. The van der Waals surface area contributed by atoms with Crippen molar-refractivity contribution in [2.75, 3.05) is 25.1 Å². The number of rotatable bonds is 5. The van der Waals surface area contributed by atoms with E-state index in [4.69, 9.17) is 9.72 Å². The Kier molecular flexibility index (Phi) is 6.21. The average molecular weight is 475 g/mol. The molecular weight excluding hydrogens is 448 g/mol. The van der Waals surface area contributed by atoms with Crippen LogP contribution in [0.25, 0.3) is 21.3 Å². The molecule has 0 aliphatic carbocycles.